The van der Waals surface area contributed by atoms with Gasteiger partial charge in [0, 0.05) is 11.7 Å². The van der Waals surface area contributed by atoms with Gasteiger partial charge in [-0.1, -0.05) is 48.0 Å². The molecule has 3 aromatic rings. The lowest BCUT2D eigenvalue weighted by atomic mass is 10.0. The maximum Gasteiger partial charge on any atom is 0.414 e. The molecule has 1 amide bonds. The maximum atomic E-state index is 12.6. The van der Waals surface area contributed by atoms with Gasteiger partial charge in [0.15, 0.2) is 5.69 Å². The summed E-state index contributed by atoms with van der Waals surface area (Å²) in [6.07, 6.45) is 0.311. The van der Waals surface area contributed by atoms with E-state index in [1.807, 2.05) is 62.4 Å². The normalized spacial score (nSPS) is 16.4. The molecule has 0 saturated carbocycles. The first-order valence-corrected chi connectivity index (χ1v) is 11.0. The second-order valence-electron chi connectivity index (χ2n) is 8.09. The fourth-order valence-corrected chi connectivity index (χ4v) is 4.17. The summed E-state index contributed by atoms with van der Waals surface area (Å²) in [5.41, 5.74) is 3.97. The molecule has 2 aromatic carbocycles. The zero-order valence-corrected chi connectivity index (χ0v) is 19.0. The van der Waals surface area contributed by atoms with Crippen molar-refractivity contribution in [3.05, 3.63) is 88.2 Å². The van der Waals surface area contributed by atoms with Crippen LogP contribution in [0.5, 0.6) is 0 Å². The van der Waals surface area contributed by atoms with E-state index >= 15 is 0 Å². The second kappa shape index (κ2) is 9.50. The van der Waals surface area contributed by atoms with E-state index in [1.165, 1.54) is 0 Å². The minimum absolute atomic E-state index is 0.112. The van der Waals surface area contributed by atoms with E-state index in [4.69, 9.17) is 16.3 Å². The van der Waals surface area contributed by atoms with E-state index in [9.17, 15) is 14.7 Å². The largest absolute Gasteiger partial charge is 0.476 e. The Hall–Kier alpha value is -3.58. The number of carboxylic acid groups (broad SMARTS) is 1. The molecule has 1 saturated heterocycles. The van der Waals surface area contributed by atoms with Crippen LogP contribution in [0.3, 0.4) is 0 Å². The number of aromatic carboxylic acids is 1. The highest BCUT2D eigenvalue weighted by molar-refractivity contribution is 6.29. The predicted octanol–water partition coefficient (Wildman–Crippen LogP) is 5.48. The molecule has 33 heavy (non-hydrogen) atoms. The van der Waals surface area contributed by atoms with Crippen molar-refractivity contribution in [3.8, 4) is 0 Å². The van der Waals surface area contributed by atoms with Gasteiger partial charge in [-0.25, -0.2) is 14.6 Å². The van der Waals surface area contributed by atoms with Crippen molar-refractivity contribution in [1.82, 2.24) is 4.98 Å². The Morgan fingerprint density at radius 2 is 2.00 bits per heavy atom. The Balaban J connectivity index is 1.61. The van der Waals surface area contributed by atoms with Crippen LogP contribution in [0.4, 0.5) is 16.2 Å². The van der Waals surface area contributed by atoms with Gasteiger partial charge in [0.05, 0.1) is 11.7 Å². The molecule has 1 unspecified atom stereocenters. The monoisotopic (exact) mass is 465 g/mol. The van der Waals surface area contributed by atoms with Gasteiger partial charge < -0.3 is 15.2 Å². The highest BCUT2D eigenvalue weighted by Crippen LogP contribution is 2.31. The van der Waals surface area contributed by atoms with Crippen molar-refractivity contribution in [2.45, 2.75) is 32.4 Å². The third-order valence-corrected chi connectivity index (χ3v) is 5.78. The second-order valence-corrected chi connectivity index (χ2v) is 8.48. The lowest BCUT2D eigenvalue weighted by molar-refractivity contribution is 0.0691. The van der Waals surface area contributed by atoms with Crippen molar-refractivity contribution >= 4 is 35.0 Å². The van der Waals surface area contributed by atoms with Crippen LogP contribution < -0.4 is 10.2 Å². The molecule has 0 radical (unpaired) electrons. The molecular formula is C25H24ClN3O4. The van der Waals surface area contributed by atoms with Crippen LogP contribution in [0.1, 0.15) is 40.1 Å². The molecule has 0 bridgehead atoms. The summed E-state index contributed by atoms with van der Waals surface area (Å²) in [4.78, 5) is 29.8. The molecule has 1 aliphatic rings. The van der Waals surface area contributed by atoms with E-state index in [1.54, 1.807) is 17.0 Å². The van der Waals surface area contributed by atoms with Crippen LogP contribution >= 0.6 is 11.6 Å². The van der Waals surface area contributed by atoms with Crippen LogP contribution in [0, 0.1) is 6.92 Å². The molecule has 2 N–H and O–H groups in total. The molecule has 2 atom stereocenters. The highest BCUT2D eigenvalue weighted by atomic mass is 35.5. The number of halogens is 1. The number of nitrogens with one attached hydrogen (secondary N) is 1. The number of hydrogen-bond acceptors (Lipinski definition) is 5. The number of cyclic esters (lactones) is 1. The van der Waals surface area contributed by atoms with Gasteiger partial charge in [-0.05, 0) is 61.2 Å². The molecule has 0 spiro atoms. The zero-order chi connectivity index (χ0) is 23.5. The molecule has 2 heterocycles. The predicted molar refractivity (Wildman–Crippen MR) is 127 cm³/mol. The number of rotatable bonds is 7. The SMILES string of the molecule is Cc1cc(C(C)Nc2ccc(Cl)nc2C(=O)O)cc(N2C(=O)OC[C@@H]2Cc2ccccc2)c1. The standard InChI is InChI=1S/C25H24ClN3O4/c1-15-10-18(16(2)27-21-8-9-22(26)28-23(21)24(30)31)13-19(11-15)29-20(14-33-25(29)32)12-17-6-4-3-5-7-17/h3-11,13,16,20,27H,12,14H2,1-2H3,(H,30,31)/t16?,20-/m0/s1. The first-order valence-electron chi connectivity index (χ1n) is 10.6. The Morgan fingerprint density at radius 1 is 1.24 bits per heavy atom. The van der Waals surface area contributed by atoms with Gasteiger partial charge in [0.1, 0.15) is 11.8 Å². The zero-order valence-electron chi connectivity index (χ0n) is 18.3. The molecule has 1 aliphatic heterocycles. The fourth-order valence-electron chi connectivity index (χ4n) is 4.03. The van der Waals surface area contributed by atoms with Crippen molar-refractivity contribution < 1.29 is 19.4 Å². The van der Waals surface area contributed by atoms with E-state index in [0.29, 0.717) is 18.7 Å². The average molecular weight is 466 g/mol. The minimum atomic E-state index is -1.17. The summed E-state index contributed by atoms with van der Waals surface area (Å²) in [7, 11) is 0. The number of benzene rings is 2. The lowest BCUT2D eigenvalue weighted by Crippen LogP contribution is -2.35. The van der Waals surface area contributed by atoms with Gasteiger partial charge in [0.25, 0.3) is 0 Å². The Labute approximate surface area is 197 Å². The average Bonchev–Trinajstić information content (AvgIpc) is 3.14. The Bertz CT molecular complexity index is 1190. The van der Waals surface area contributed by atoms with Crippen molar-refractivity contribution in [2.24, 2.45) is 0 Å². The summed E-state index contributed by atoms with van der Waals surface area (Å²) < 4.78 is 5.38. The smallest absolute Gasteiger partial charge is 0.414 e. The van der Waals surface area contributed by atoms with Gasteiger partial charge in [-0.2, -0.15) is 0 Å². The van der Waals surface area contributed by atoms with Crippen LogP contribution in [0.2, 0.25) is 5.15 Å². The highest BCUT2D eigenvalue weighted by Gasteiger charge is 2.34. The molecule has 0 aliphatic carbocycles. The third-order valence-electron chi connectivity index (χ3n) is 5.57. The lowest BCUT2D eigenvalue weighted by Gasteiger charge is -2.24. The Kier molecular flexibility index (Phi) is 6.51. The van der Waals surface area contributed by atoms with Crippen molar-refractivity contribution in [1.29, 1.82) is 0 Å². The van der Waals surface area contributed by atoms with Crippen LogP contribution in [0.25, 0.3) is 0 Å². The molecular weight excluding hydrogens is 442 g/mol. The van der Waals surface area contributed by atoms with Crippen LogP contribution in [-0.2, 0) is 11.2 Å². The minimum Gasteiger partial charge on any atom is -0.476 e. The fraction of sp³-hybridized carbons (Fsp3) is 0.240. The van der Waals surface area contributed by atoms with Gasteiger partial charge in [0.2, 0.25) is 0 Å². The number of ether oxygens (including phenoxy) is 1. The number of carbonyl (C=O) groups is 2. The quantitative estimate of drug-likeness (QED) is 0.449. The van der Waals surface area contributed by atoms with Gasteiger partial charge >= 0.3 is 12.1 Å². The van der Waals surface area contributed by atoms with Crippen LogP contribution in [-0.4, -0.2) is 34.8 Å². The first-order chi connectivity index (χ1) is 15.8. The topological polar surface area (TPSA) is 91.8 Å². The van der Waals surface area contributed by atoms with Crippen molar-refractivity contribution in [3.63, 3.8) is 0 Å². The first kappa shape index (κ1) is 22.6. The molecule has 170 valence electrons. The number of carboxylic acids is 1. The summed E-state index contributed by atoms with van der Waals surface area (Å²) in [5.74, 6) is -1.17. The summed E-state index contributed by atoms with van der Waals surface area (Å²) >= 11 is 5.86. The van der Waals surface area contributed by atoms with E-state index in [-0.39, 0.29) is 29.0 Å². The molecule has 7 nitrogen and oxygen atoms in total. The van der Waals surface area contributed by atoms with Gasteiger partial charge in [-0.15, -0.1) is 0 Å². The van der Waals surface area contributed by atoms with E-state index in [2.05, 4.69) is 10.3 Å². The number of amides is 1. The summed E-state index contributed by atoms with van der Waals surface area (Å²) in [5, 5.41) is 12.8. The number of aryl methyl sites for hydroxylation is 1. The number of pyridine rings is 1. The van der Waals surface area contributed by atoms with E-state index < -0.39 is 5.97 Å². The third kappa shape index (κ3) is 5.09. The number of aromatic nitrogens is 1. The number of nitrogens with zero attached hydrogens (tertiary/aromatic N) is 2. The number of carbonyl (C=O) groups excluding carboxylic acids is 1. The number of hydrogen-bond donors (Lipinski definition) is 2. The Morgan fingerprint density at radius 3 is 2.73 bits per heavy atom. The molecule has 8 heteroatoms. The molecule has 4 rings (SSSR count). The van der Waals surface area contributed by atoms with Crippen LogP contribution in [0.15, 0.2) is 60.7 Å². The summed E-state index contributed by atoms with van der Waals surface area (Å²) in [6.45, 7) is 4.20. The van der Waals surface area contributed by atoms with Crippen molar-refractivity contribution in [2.75, 3.05) is 16.8 Å². The molecule has 1 fully saturated rings. The number of anilines is 2. The molecule has 1 aromatic heterocycles. The summed E-state index contributed by atoms with van der Waals surface area (Å²) in [6, 6.07) is 18.6. The van der Waals surface area contributed by atoms with E-state index in [0.717, 1.165) is 22.4 Å². The maximum absolute atomic E-state index is 12.6. The van der Waals surface area contributed by atoms with Gasteiger partial charge in [-0.3, -0.25) is 4.90 Å².